The van der Waals surface area contributed by atoms with Crippen LogP contribution in [0.4, 0.5) is 5.13 Å². The smallest absolute Gasteiger partial charge is 0.246 e. The Morgan fingerprint density at radius 3 is 2.67 bits per heavy atom. The largest absolute Gasteiger partial charge is 0.300 e. The molecule has 2 bridgehead atoms. The molecule has 4 rings (SSSR count). The number of nitrogens with zero attached hydrogens (tertiary/aromatic N) is 2. The molecule has 1 aliphatic carbocycles. The lowest BCUT2D eigenvalue weighted by Crippen LogP contribution is -2.60. The Labute approximate surface area is 178 Å². The zero-order valence-electron chi connectivity index (χ0n) is 17.2. The second-order valence-electron chi connectivity index (χ2n) is 8.84. The van der Waals surface area contributed by atoms with Gasteiger partial charge < -0.3 is 5.32 Å². The summed E-state index contributed by atoms with van der Waals surface area (Å²) in [6.07, 6.45) is 2.40. The van der Waals surface area contributed by atoms with Crippen LogP contribution in [0.3, 0.4) is 0 Å². The summed E-state index contributed by atoms with van der Waals surface area (Å²) in [5.74, 6) is -1.38. The average molecular weight is 450 g/mol. The van der Waals surface area contributed by atoms with Crippen LogP contribution in [0.5, 0.6) is 0 Å². The van der Waals surface area contributed by atoms with Gasteiger partial charge in [0.25, 0.3) is 0 Å². The Hall–Kier alpha value is -2.33. The first kappa shape index (κ1) is 20.9. The molecular weight excluding hydrogens is 426 g/mol. The minimum absolute atomic E-state index is 0.173. The lowest BCUT2D eigenvalue weighted by molar-refractivity contribution is -0.168. The van der Waals surface area contributed by atoms with Crippen molar-refractivity contribution < 1.29 is 22.8 Å². The molecule has 8 nitrogen and oxygen atoms in total. The quantitative estimate of drug-likeness (QED) is 0.718. The molecule has 2 atom stereocenters. The Bertz CT molecular complexity index is 1200. The van der Waals surface area contributed by atoms with Crippen molar-refractivity contribution in [3.05, 3.63) is 18.2 Å². The number of imide groups is 1. The number of hydrogen-bond acceptors (Lipinski definition) is 7. The van der Waals surface area contributed by atoms with Crippen molar-refractivity contribution in [1.29, 1.82) is 0 Å². The van der Waals surface area contributed by atoms with E-state index < -0.39 is 26.6 Å². The molecule has 3 amide bonds. The topological polar surface area (TPSA) is 114 Å². The number of piperidine rings is 1. The molecule has 30 heavy (non-hydrogen) atoms. The van der Waals surface area contributed by atoms with Gasteiger partial charge in [-0.05, 0) is 36.5 Å². The van der Waals surface area contributed by atoms with E-state index in [2.05, 4.69) is 10.3 Å². The average Bonchev–Trinajstić information content (AvgIpc) is 3.12. The number of anilines is 1. The highest BCUT2D eigenvalue weighted by molar-refractivity contribution is 7.90. The van der Waals surface area contributed by atoms with Gasteiger partial charge in [0.15, 0.2) is 15.0 Å². The summed E-state index contributed by atoms with van der Waals surface area (Å²) < 4.78 is 24.1. The van der Waals surface area contributed by atoms with Crippen LogP contribution < -0.4 is 5.32 Å². The van der Waals surface area contributed by atoms with E-state index in [9.17, 15) is 22.8 Å². The SMILES string of the molecule is CC12CCC(C(=O)N(CC(=O)Nc3nc4ccc(S(C)(=O)=O)cc4s3)C1=O)C2(C)C. The lowest BCUT2D eigenvalue weighted by Gasteiger charge is -2.47. The number of rotatable bonds is 4. The van der Waals surface area contributed by atoms with Crippen molar-refractivity contribution in [2.75, 3.05) is 18.1 Å². The first-order chi connectivity index (χ1) is 13.8. The summed E-state index contributed by atoms with van der Waals surface area (Å²) >= 11 is 1.14. The number of sulfone groups is 1. The molecule has 0 spiro atoms. The summed E-state index contributed by atoms with van der Waals surface area (Å²) in [6, 6.07) is 4.55. The first-order valence-corrected chi connectivity index (χ1v) is 12.3. The number of carbonyl (C=O) groups is 3. The third-order valence-electron chi connectivity index (χ3n) is 6.84. The highest BCUT2D eigenvalue weighted by Gasteiger charge is 2.64. The lowest BCUT2D eigenvalue weighted by atomic mass is 9.62. The first-order valence-electron chi connectivity index (χ1n) is 9.61. The van der Waals surface area contributed by atoms with Crippen LogP contribution in [-0.4, -0.2) is 48.8 Å². The van der Waals surface area contributed by atoms with Gasteiger partial charge in [0.05, 0.1) is 20.5 Å². The zero-order valence-corrected chi connectivity index (χ0v) is 18.8. The van der Waals surface area contributed by atoms with Crippen molar-refractivity contribution >= 4 is 54.2 Å². The van der Waals surface area contributed by atoms with Crippen LogP contribution in [0.25, 0.3) is 10.2 Å². The van der Waals surface area contributed by atoms with Gasteiger partial charge >= 0.3 is 0 Å². The van der Waals surface area contributed by atoms with Gasteiger partial charge in [-0.1, -0.05) is 32.1 Å². The molecule has 1 saturated heterocycles. The fourth-order valence-corrected chi connectivity index (χ4v) is 6.19. The Morgan fingerprint density at radius 1 is 1.30 bits per heavy atom. The number of amides is 3. The molecule has 1 N–H and O–H groups in total. The molecule has 2 aliphatic rings. The summed E-state index contributed by atoms with van der Waals surface area (Å²) in [7, 11) is -3.35. The number of carbonyl (C=O) groups excluding carboxylic acids is 3. The number of hydrogen-bond donors (Lipinski definition) is 1. The van der Waals surface area contributed by atoms with Crippen LogP contribution in [0.1, 0.15) is 33.6 Å². The molecule has 1 aliphatic heterocycles. The van der Waals surface area contributed by atoms with E-state index in [1.54, 1.807) is 6.07 Å². The molecule has 160 valence electrons. The van der Waals surface area contributed by atoms with Crippen molar-refractivity contribution in [2.45, 2.75) is 38.5 Å². The predicted octanol–water partition coefficient (Wildman–Crippen LogP) is 2.45. The van der Waals surface area contributed by atoms with Gasteiger partial charge in [0, 0.05) is 12.2 Å². The Balaban J connectivity index is 1.53. The second-order valence-corrected chi connectivity index (χ2v) is 11.9. The summed E-state index contributed by atoms with van der Waals surface area (Å²) in [6.45, 7) is 5.41. The van der Waals surface area contributed by atoms with E-state index in [1.165, 1.54) is 12.1 Å². The standard InChI is InChI=1S/C20H23N3O5S2/c1-19(2)12-7-8-20(19,3)17(26)23(16(12)25)10-15(24)22-18-21-13-6-5-11(30(4,27)28)9-14(13)29-18/h5-6,9,12H,7-8,10H2,1-4H3,(H,21,22,24). The number of nitrogens with one attached hydrogen (secondary N) is 1. The van der Waals surface area contributed by atoms with Crippen LogP contribution in [0.2, 0.25) is 0 Å². The number of likely N-dealkylation sites (tertiary alicyclic amines) is 1. The molecule has 2 heterocycles. The fourth-order valence-electron chi connectivity index (χ4n) is 4.54. The van der Waals surface area contributed by atoms with Gasteiger partial charge in [-0.25, -0.2) is 13.4 Å². The summed E-state index contributed by atoms with van der Waals surface area (Å²) in [5, 5.41) is 2.92. The highest BCUT2D eigenvalue weighted by Crippen LogP contribution is 2.59. The maximum absolute atomic E-state index is 13.0. The van der Waals surface area contributed by atoms with E-state index in [-0.39, 0.29) is 34.3 Å². The molecular formula is C20H23N3O5S2. The van der Waals surface area contributed by atoms with Crippen molar-refractivity contribution in [1.82, 2.24) is 9.88 Å². The zero-order chi connectivity index (χ0) is 22.1. The number of fused-ring (bicyclic) bond motifs is 3. The molecule has 2 aromatic rings. The number of thiazole rings is 1. The fraction of sp³-hybridized carbons (Fsp3) is 0.500. The number of benzene rings is 1. The molecule has 1 aromatic carbocycles. The summed E-state index contributed by atoms with van der Waals surface area (Å²) in [5.41, 5.74) is -0.539. The molecule has 1 aromatic heterocycles. The van der Waals surface area contributed by atoms with Gasteiger partial charge in [0.2, 0.25) is 17.7 Å². The minimum Gasteiger partial charge on any atom is -0.300 e. The van der Waals surface area contributed by atoms with Crippen molar-refractivity contribution in [2.24, 2.45) is 16.7 Å². The molecule has 10 heteroatoms. The van der Waals surface area contributed by atoms with E-state index in [0.717, 1.165) is 22.5 Å². The van der Waals surface area contributed by atoms with Crippen molar-refractivity contribution in [3.63, 3.8) is 0 Å². The van der Waals surface area contributed by atoms with Gasteiger partial charge in [-0.15, -0.1) is 0 Å². The van der Waals surface area contributed by atoms with E-state index >= 15 is 0 Å². The Kier molecular flexibility index (Phi) is 4.59. The Morgan fingerprint density at radius 2 is 2.00 bits per heavy atom. The highest BCUT2D eigenvalue weighted by atomic mass is 32.2. The van der Waals surface area contributed by atoms with Crippen molar-refractivity contribution in [3.8, 4) is 0 Å². The number of aromatic nitrogens is 1. The van der Waals surface area contributed by atoms with Crippen LogP contribution in [0, 0.1) is 16.7 Å². The van der Waals surface area contributed by atoms with Crippen LogP contribution in [0.15, 0.2) is 23.1 Å². The minimum atomic E-state index is -3.35. The third-order valence-corrected chi connectivity index (χ3v) is 8.89. The van der Waals surface area contributed by atoms with E-state index in [1.807, 2.05) is 20.8 Å². The normalized spacial score (nSPS) is 25.7. The van der Waals surface area contributed by atoms with E-state index in [4.69, 9.17) is 0 Å². The maximum Gasteiger partial charge on any atom is 0.246 e. The maximum atomic E-state index is 13.0. The molecule has 2 unspecified atom stereocenters. The second kappa shape index (κ2) is 6.58. The van der Waals surface area contributed by atoms with Crippen LogP contribution >= 0.6 is 11.3 Å². The molecule has 2 fully saturated rings. The van der Waals surface area contributed by atoms with Crippen LogP contribution in [-0.2, 0) is 24.2 Å². The van der Waals surface area contributed by atoms with Gasteiger partial charge in [0.1, 0.15) is 6.54 Å². The third kappa shape index (κ3) is 3.04. The molecule has 0 radical (unpaired) electrons. The van der Waals surface area contributed by atoms with Gasteiger partial charge in [-0.2, -0.15) is 0 Å². The summed E-state index contributed by atoms with van der Waals surface area (Å²) in [4.78, 5) is 44.0. The van der Waals surface area contributed by atoms with E-state index in [0.29, 0.717) is 23.1 Å². The van der Waals surface area contributed by atoms with Gasteiger partial charge in [-0.3, -0.25) is 19.3 Å². The molecule has 1 saturated carbocycles. The monoisotopic (exact) mass is 449 g/mol. The predicted molar refractivity (Wildman–Crippen MR) is 113 cm³/mol.